The highest BCUT2D eigenvalue weighted by Gasteiger charge is 2.50. The molecule has 3 aromatic heterocycles. The number of ether oxygens (including phenoxy) is 2. The molecule has 0 saturated carbocycles. The van der Waals surface area contributed by atoms with Crippen LogP contribution in [0.5, 0.6) is 11.8 Å². The van der Waals surface area contributed by atoms with E-state index in [-0.39, 0.29) is 88.8 Å². The van der Waals surface area contributed by atoms with Crippen LogP contribution in [0, 0.1) is 34.8 Å². The maximum absolute atomic E-state index is 17.9. The Bertz CT molecular complexity index is 2720. The van der Waals surface area contributed by atoms with Gasteiger partial charge in [-0.1, -0.05) is 26.0 Å². The molecule has 20 heteroatoms. The number of nitrogens with two attached hydrogens (primary N) is 3. The third-order valence-electron chi connectivity index (χ3n) is 13.7. The molecule has 13 nitrogen and oxygen atoms in total. The van der Waals surface area contributed by atoms with Crippen molar-refractivity contribution in [1.82, 2.24) is 24.8 Å². The van der Waals surface area contributed by atoms with Crippen molar-refractivity contribution in [2.75, 3.05) is 62.3 Å². The quantitative estimate of drug-likeness (QED) is 0.116. The Kier molecular flexibility index (Phi) is 11.6. The number of likely N-dealkylation sites (tertiary alicyclic amines) is 1. The maximum Gasteiger partial charge on any atom is 0.420 e. The Morgan fingerprint density at radius 2 is 1.88 bits per heavy atom. The number of halogens is 6. The summed E-state index contributed by atoms with van der Waals surface area (Å²) >= 11 is 0.659. The van der Waals surface area contributed by atoms with E-state index in [1.54, 1.807) is 21.9 Å². The summed E-state index contributed by atoms with van der Waals surface area (Å²) in [7, 11) is 0. The summed E-state index contributed by atoms with van der Waals surface area (Å²) in [5.74, 6) is -3.28. The van der Waals surface area contributed by atoms with Crippen LogP contribution >= 0.6 is 11.3 Å². The predicted octanol–water partition coefficient (Wildman–Crippen LogP) is 7.75. The van der Waals surface area contributed by atoms with E-state index >= 15 is 22.0 Å². The van der Waals surface area contributed by atoms with Gasteiger partial charge in [0.1, 0.15) is 64.7 Å². The third-order valence-corrected chi connectivity index (χ3v) is 14.7. The number of nitriles is 1. The molecule has 4 aliphatic rings. The molecule has 0 spiro atoms. The summed E-state index contributed by atoms with van der Waals surface area (Å²) in [5.41, 5.74) is 14.8. The van der Waals surface area contributed by atoms with Crippen LogP contribution in [0.4, 0.5) is 43.0 Å². The Morgan fingerprint density at radius 1 is 1.11 bits per heavy atom. The lowest BCUT2D eigenvalue weighted by Crippen LogP contribution is -2.49. The van der Waals surface area contributed by atoms with Gasteiger partial charge in [-0.2, -0.15) is 28.4 Å². The number of fused-ring (bicyclic) bond motifs is 2. The molecule has 6 N–H and O–H groups in total. The van der Waals surface area contributed by atoms with Crippen molar-refractivity contribution < 1.29 is 40.6 Å². The van der Waals surface area contributed by atoms with Crippen LogP contribution in [0.3, 0.4) is 0 Å². The van der Waals surface area contributed by atoms with Crippen molar-refractivity contribution in [3.8, 4) is 29.0 Å². The van der Waals surface area contributed by atoms with Crippen LogP contribution in [-0.2, 0) is 11.0 Å². The minimum atomic E-state index is -5.29. The van der Waals surface area contributed by atoms with E-state index in [0.717, 1.165) is 18.6 Å². The summed E-state index contributed by atoms with van der Waals surface area (Å²) in [6, 6.07) is 5.44. The fraction of sp³-hybridized carbons (Fsp3) is 0.489. The predicted molar refractivity (Wildman–Crippen MR) is 234 cm³/mol. The second-order valence-electron chi connectivity index (χ2n) is 17.9. The van der Waals surface area contributed by atoms with Gasteiger partial charge in [-0.3, -0.25) is 9.69 Å². The van der Waals surface area contributed by atoms with Gasteiger partial charge in [0, 0.05) is 48.8 Å². The number of rotatable bonds is 10. The average Bonchev–Trinajstić information content (AvgIpc) is 3.88. The largest absolute Gasteiger partial charge is 0.490 e. The first-order chi connectivity index (χ1) is 31.0. The molecular formula is C45H48F6N10O3S. The lowest BCUT2D eigenvalue weighted by atomic mass is 9.86. The van der Waals surface area contributed by atoms with Crippen molar-refractivity contribution in [1.29, 1.82) is 5.26 Å². The van der Waals surface area contributed by atoms with Crippen molar-refractivity contribution in [3.63, 3.8) is 0 Å². The Balaban J connectivity index is 1.24. The van der Waals surface area contributed by atoms with Crippen LogP contribution in [0.2, 0.25) is 0 Å². The molecule has 3 saturated heterocycles. The molecule has 3 fully saturated rings. The molecule has 65 heavy (non-hydrogen) atoms. The van der Waals surface area contributed by atoms with Crippen molar-refractivity contribution in [2.24, 2.45) is 17.6 Å². The topological polar surface area (TPSA) is 186 Å². The number of nitrogens with zero attached hydrogens (tertiary/aromatic N) is 7. The number of anilines is 3. The molecule has 344 valence electrons. The maximum atomic E-state index is 17.9. The number of hydrogen-bond acceptors (Lipinski definition) is 13. The van der Waals surface area contributed by atoms with Gasteiger partial charge < -0.3 is 36.5 Å². The summed E-state index contributed by atoms with van der Waals surface area (Å²) in [4.78, 5) is 32.3. The zero-order valence-electron chi connectivity index (χ0n) is 35.7. The van der Waals surface area contributed by atoms with E-state index in [1.807, 2.05) is 24.8 Å². The molecule has 0 aliphatic carbocycles. The van der Waals surface area contributed by atoms with Gasteiger partial charge >= 0.3 is 12.2 Å². The second kappa shape index (κ2) is 17.0. The van der Waals surface area contributed by atoms with E-state index in [4.69, 9.17) is 31.7 Å². The SMILES string of the molecule is CC(C)[C@H](N)C(=O)N1CCC(C[C@H](c2cccnc2N)N2CCOc3c(C(F)(F)F)c(-c4ccc(F)c5sc(N)c(C#N)c45)c(F)c4nc(OC[C@@]56CCCN5C[C@H](F)C6)nc2c34)CC1. The van der Waals surface area contributed by atoms with Gasteiger partial charge in [0.05, 0.1) is 39.8 Å². The van der Waals surface area contributed by atoms with Crippen molar-refractivity contribution >= 4 is 54.9 Å². The molecule has 5 aromatic rings. The number of hydrogen-bond donors (Lipinski definition) is 3. The molecule has 0 bridgehead atoms. The molecule has 0 unspecified atom stereocenters. The summed E-state index contributed by atoms with van der Waals surface area (Å²) in [6.07, 6.45) is -1.74. The van der Waals surface area contributed by atoms with Gasteiger partial charge in [0.15, 0.2) is 5.82 Å². The number of amides is 1. The molecule has 0 radical (unpaired) electrons. The monoisotopic (exact) mass is 922 g/mol. The molecule has 7 heterocycles. The summed E-state index contributed by atoms with van der Waals surface area (Å²) < 4.78 is 108. The molecular weight excluding hydrogens is 875 g/mol. The normalized spacial score (nSPS) is 21.4. The highest BCUT2D eigenvalue weighted by atomic mass is 32.1. The van der Waals surface area contributed by atoms with E-state index in [1.165, 1.54) is 6.20 Å². The number of carbonyl (C=O) groups is 1. The molecule has 4 aliphatic heterocycles. The van der Waals surface area contributed by atoms with Crippen molar-refractivity contribution in [2.45, 2.75) is 82.3 Å². The van der Waals surface area contributed by atoms with Crippen LogP contribution in [0.25, 0.3) is 32.1 Å². The van der Waals surface area contributed by atoms with Crippen LogP contribution in [0.15, 0.2) is 30.5 Å². The van der Waals surface area contributed by atoms with Crippen LogP contribution < -0.4 is 31.6 Å². The minimum absolute atomic E-state index is 0.0304. The Labute approximate surface area is 374 Å². The fourth-order valence-electron chi connectivity index (χ4n) is 10.3. The zero-order valence-corrected chi connectivity index (χ0v) is 36.5. The van der Waals surface area contributed by atoms with E-state index in [0.29, 0.717) is 62.2 Å². The number of aromatic nitrogens is 3. The third kappa shape index (κ3) is 7.78. The molecule has 9 rings (SSSR count). The summed E-state index contributed by atoms with van der Waals surface area (Å²) in [6.45, 7) is 5.00. The molecule has 2 aromatic carbocycles. The first-order valence-electron chi connectivity index (χ1n) is 21.7. The minimum Gasteiger partial charge on any atom is -0.490 e. The molecule has 4 atom stereocenters. The Hall–Kier alpha value is -5.65. The number of benzene rings is 2. The van der Waals surface area contributed by atoms with Crippen molar-refractivity contribution in [3.05, 3.63) is 58.8 Å². The average molecular weight is 923 g/mol. The van der Waals surface area contributed by atoms with E-state index in [9.17, 15) is 14.4 Å². The number of alkyl halides is 4. The number of pyridine rings is 1. The first kappa shape index (κ1) is 44.5. The first-order valence-corrected chi connectivity index (χ1v) is 22.5. The summed E-state index contributed by atoms with van der Waals surface area (Å²) in [5, 5.41) is 9.24. The van der Waals surface area contributed by atoms with E-state index in [2.05, 4.69) is 9.97 Å². The van der Waals surface area contributed by atoms with Crippen LogP contribution in [-0.4, -0.2) is 94.3 Å². The lowest BCUT2D eigenvalue weighted by molar-refractivity contribution is -0.138. The van der Waals surface area contributed by atoms with Gasteiger partial charge in [0.25, 0.3) is 0 Å². The zero-order chi connectivity index (χ0) is 46.1. The smallest absolute Gasteiger partial charge is 0.420 e. The van der Waals surface area contributed by atoms with E-state index < -0.39 is 74.9 Å². The number of carbonyl (C=O) groups excluding carboxylic acids is 1. The number of piperidine rings is 1. The fourth-order valence-corrected chi connectivity index (χ4v) is 11.3. The standard InChI is InChI=1S/C45H48F6N10O3S/c1-22(2)35(53)42(62)59-13-8-23(9-14-59)17-29(25-5-3-11-56-39(25)54)61-15-16-63-37-32-36(57-43(58-41(32)61)64-21-44-10-4-12-60(44)20-24(46)18-44)34(48)31(33(37)45(49,50)51)26-6-7-28(47)38-30(26)27(19-52)40(55)65-38/h3,5-7,11,22-24,29,35H,4,8-10,12-18,20-21,53,55H2,1-2H3,(H2,54,56)/t24-,29-,35+,44+/m1/s1. The van der Waals surface area contributed by atoms with Gasteiger partial charge in [-0.05, 0) is 68.2 Å². The number of nitrogen functional groups attached to an aromatic ring is 2. The van der Waals surface area contributed by atoms with Gasteiger partial charge in [-0.15, -0.1) is 11.3 Å². The lowest BCUT2D eigenvalue weighted by Gasteiger charge is -2.39. The highest BCUT2D eigenvalue weighted by molar-refractivity contribution is 7.23. The molecule has 1 amide bonds. The highest BCUT2D eigenvalue weighted by Crippen LogP contribution is 2.54. The van der Waals surface area contributed by atoms with Gasteiger partial charge in [0.2, 0.25) is 5.91 Å². The van der Waals surface area contributed by atoms with Crippen LogP contribution in [0.1, 0.15) is 75.1 Å². The second-order valence-corrected chi connectivity index (χ2v) is 18.9. The van der Waals surface area contributed by atoms with Gasteiger partial charge in [-0.25, -0.2) is 18.2 Å². The Morgan fingerprint density at radius 3 is 2.58 bits per heavy atom. The number of thiophene rings is 1.